The van der Waals surface area contributed by atoms with Crippen LogP contribution in [0.5, 0.6) is 0 Å². The molecule has 6 heteroatoms. The van der Waals surface area contributed by atoms with Crippen LogP contribution in [0.1, 0.15) is 31.9 Å². The Labute approximate surface area is 124 Å². The van der Waals surface area contributed by atoms with Gasteiger partial charge in [0.1, 0.15) is 0 Å². The van der Waals surface area contributed by atoms with Gasteiger partial charge in [-0.1, -0.05) is 26.0 Å². The summed E-state index contributed by atoms with van der Waals surface area (Å²) in [6.07, 6.45) is 1.16. The number of rotatable bonds is 3. The summed E-state index contributed by atoms with van der Waals surface area (Å²) in [7, 11) is 1.75. The predicted molar refractivity (Wildman–Crippen MR) is 80.6 cm³/mol. The number of tetrazole rings is 1. The lowest BCUT2D eigenvalue weighted by Crippen LogP contribution is -2.51. The Morgan fingerprint density at radius 3 is 2.76 bits per heavy atom. The number of aromatic nitrogens is 4. The quantitative estimate of drug-likeness (QED) is 0.876. The van der Waals surface area contributed by atoms with Gasteiger partial charge in [-0.2, -0.15) is 0 Å². The molecular weight excluding hydrogens is 266 g/mol. The van der Waals surface area contributed by atoms with Crippen LogP contribution < -0.4 is 5.73 Å². The average molecular weight is 287 g/mol. The molecule has 0 spiro atoms. The summed E-state index contributed by atoms with van der Waals surface area (Å²) < 4.78 is 7.41. The predicted octanol–water partition coefficient (Wildman–Crippen LogP) is 2.22. The Balaban J connectivity index is 1.97. The van der Waals surface area contributed by atoms with Crippen molar-refractivity contribution in [3.05, 3.63) is 23.8 Å². The standard InChI is InChI=1S/C15H21N5O/c1-9-5-6-10(7-11(9)16)14-17-18-19-20(14)12-8-13(21-4)15(12,2)3/h5-7,12-13H,8,16H2,1-4H3. The van der Waals surface area contributed by atoms with Crippen LogP contribution in [0, 0.1) is 12.3 Å². The highest BCUT2D eigenvalue weighted by Gasteiger charge is 2.51. The molecule has 2 atom stereocenters. The van der Waals surface area contributed by atoms with Gasteiger partial charge in [-0.3, -0.25) is 0 Å². The second-order valence-corrected chi connectivity index (χ2v) is 6.32. The van der Waals surface area contributed by atoms with Crippen molar-refractivity contribution >= 4 is 5.69 Å². The lowest BCUT2D eigenvalue weighted by Gasteiger charge is -2.50. The number of methoxy groups -OCH3 is 1. The second-order valence-electron chi connectivity index (χ2n) is 6.32. The Morgan fingerprint density at radius 2 is 2.14 bits per heavy atom. The molecule has 6 nitrogen and oxygen atoms in total. The minimum absolute atomic E-state index is 0.00905. The van der Waals surface area contributed by atoms with E-state index in [-0.39, 0.29) is 17.6 Å². The van der Waals surface area contributed by atoms with Crippen molar-refractivity contribution in [2.24, 2.45) is 5.41 Å². The first-order valence-electron chi connectivity index (χ1n) is 7.12. The molecule has 112 valence electrons. The SMILES string of the molecule is COC1CC(n2nnnc2-c2ccc(C)c(N)c2)C1(C)C. The molecule has 0 radical (unpaired) electrons. The van der Waals surface area contributed by atoms with Gasteiger partial charge in [0, 0.05) is 23.8 Å². The Morgan fingerprint density at radius 1 is 1.38 bits per heavy atom. The normalized spacial score (nSPS) is 23.8. The third kappa shape index (κ3) is 2.10. The van der Waals surface area contributed by atoms with Crippen molar-refractivity contribution in [1.82, 2.24) is 20.2 Å². The molecule has 0 saturated heterocycles. The smallest absolute Gasteiger partial charge is 0.182 e. The number of nitrogen functional groups attached to an aromatic ring is 1. The lowest BCUT2D eigenvalue weighted by atomic mass is 9.64. The number of hydrogen-bond donors (Lipinski definition) is 1. The number of nitrogens with zero attached hydrogens (tertiary/aromatic N) is 4. The van der Waals surface area contributed by atoms with Crippen LogP contribution in [0.3, 0.4) is 0 Å². The van der Waals surface area contributed by atoms with Gasteiger partial charge in [0.15, 0.2) is 5.82 Å². The fraction of sp³-hybridized carbons (Fsp3) is 0.533. The van der Waals surface area contributed by atoms with Crippen molar-refractivity contribution in [3.63, 3.8) is 0 Å². The molecule has 1 aromatic heterocycles. The van der Waals surface area contributed by atoms with E-state index in [4.69, 9.17) is 10.5 Å². The van der Waals surface area contributed by atoms with Gasteiger partial charge in [-0.25, -0.2) is 4.68 Å². The van der Waals surface area contributed by atoms with Crippen LogP contribution in [0.2, 0.25) is 0 Å². The molecule has 2 aromatic rings. The molecular formula is C15H21N5O. The van der Waals surface area contributed by atoms with E-state index in [2.05, 4.69) is 29.4 Å². The number of anilines is 1. The monoisotopic (exact) mass is 287 g/mol. The van der Waals surface area contributed by atoms with E-state index in [0.29, 0.717) is 0 Å². The van der Waals surface area contributed by atoms with Crippen molar-refractivity contribution in [1.29, 1.82) is 0 Å². The van der Waals surface area contributed by atoms with Gasteiger partial charge in [-0.15, -0.1) is 5.10 Å². The molecule has 1 heterocycles. The summed E-state index contributed by atoms with van der Waals surface area (Å²) >= 11 is 0. The highest BCUT2D eigenvalue weighted by atomic mass is 16.5. The first-order chi connectivity index (χ1) is 9.95. The van der Waals surface area contributed by atoms with Gasteiger partial charge in [0.05, 0.1) is 12.1 Å². The first kappa shape index (κ1) is 14.0. The van der Waals surface area contributed by atoms with Crippen molar-refractivity contribution < 1.29 is 4.74 Å². The Hall–Kier alpha value is -1.95. The number of ether oxygens (including phenoxy) is 1. The van der Waals surface area contributed by atoms with Crippen molar-refractivity contribution in [2.45, 2.75) is 39.3 Å². The summed E-state index contributed by atoms with van der Waals surface area (Å²) in [6.45, 7) is 6.36. The number of aryl methyl sites for hydroxylation is 1. The van der Waals surface area contributed by atoms with E-state index in [9.17, 15) is 0 Å². The molecule has 1 aliphatic rings. The molecule has 21 heavy (non-hydrogen) atoms. The van der Waals surface area contributed by atoms with E-state index >= 15 is 0 Å². The number of benzene rings is 1. The summed E-state index contributed by atoms with van der Waals surface area (Å²) in [5.41, 5.74) is 8.76. The van der Waals surface area contributed by atoms with Gasteiger partial charge < -0.3 is 10.5 Å². The fourth-order valence-corrected chi connectivity index (χ4v) is 3.05. The highest BCUT2D eigenvalue weighted by Crippen LogP contribution is 2.51. The largest absolute Gasteiger partial charge is 0.398 e. The molecule has 2 unspecified atom stereocenters. The minimum atomic E-state index is 0.00905. The summed E-state index contributed by atoms with van der Waals surface area (Å²) in [5.74, 6) is 0.759. The molecule has 0 amide bonds. The van der Waals surface area contributed by atoms with Gasteiger partial charge in [0.25, 0.3) is 0 Å². The molecule has 2 N–H and O–H groups in total. The van der Waals surface area contributed by atoms with Crippen LogP contribution in [-0.4, -0.2) is 33.4 Å². The fourth-order valence-electron chi connectivity index (χ4n) is 3.05. The van der Waals surface area contributed by atoms with Crippen molar-refractivity contribution in [3.8, 4) is 11.4 Å². The number of nitrogens with two attached hydrogens (primary N) is 1. The lowest BCUT2D eigenvalue weighted by molar-refractivity contribution is -0.116. The van der Waals surface area contributed by atoms with Gasteiger partial charge in [-0.05, 0) is 35.4 Å². The molecule has 1 saturated carbocycles. The minimum Gasteiger partial charge on any atom is -0.398 e. The molecule has 1 aromatic carbocycles. The summed E-state index contributed by atoms with van der Waals surface area (Å²) in [5, 5.41) is 12.2. The zero-order valence-electron chi connectivity index (χ0n) is 12.9. The van der Waals surface area contributed by atoms with Gasteiger partial charge in [0.2, 0.25) is 0 Å². The van der Waals surface area contributed by atoms with Crippen LogP contribution >= 0.6 is 0 Å². The second kappa shape index (κ2) is 4.80. The van der Waals surface area contributed by atoms with Crippen LogP contribution in [0.25, 0.3) is 11.4 Å². The third-order valence-corrected chi connectivity index (χ3v) is 4.74. The molecule has 1 fully saturated rings. The van der Waals surface area contributed by atoms with E-state index in [1.165, 1.54) is 0 Å². The van der Waals surface area contributed by atoms with E-state index in [0.717, 1.165) is 29.1 Å². The molecule has 3 rings (SSSR count). The summed E-state index contributed by atoms with van der Waals surface area (Å²) in [4.78, 5) is 0. The Bertz CT molecular complexity index is 664. The van der Waals surface area contributed by atoms with Crippen LogP contribution in [0.4, 0.5) is 5.69 Å². The Kier molecular flexibility index (Phi) is 3.20. The van der Waals surface area contributed by atoms with Crippen molar-refractivity contribution in [2.75, 3.05) is 12.8 Å². The third-order valence-electron chi connectivity index (χ3n) is 4.74. The summed E-state index contributed by atoms with van der Waals surface area (Å²) in [6, 6.07) is 6.16. The maximum absolute atomic E-state index is 6.00. The van der Waals surface area contributed by atoms with E-state index in [1.807, 2.05) is 29.8 Å². The number of hydrogen-bond acceptors (Lipinski definition) is 5. The zero-order valence-corrected chi connectivity index (χ0v) is 12.9. The molecule has 1 aliphatic carbocycles. The van der Waals surface area contributed by atoms with E-state index in [1.54, 1.807) is 7.11 Å². The van der Waals surface area contributed by atoms with Gasteiger partial charge >= 0.3 is 0 Å². The van der Waals surface area contributed by atoms with Crippen LogP contribution in [-0.2, 0) is 4.74 Å². The van der Waals surface area contributed by atoms with Crippen LogP contribution in [0.15, 0.2) is 18.2 Å². The molecule has 0 aliphatic heterocycles. The molecule has 0 bridgehead atoms. The average Bonchev–Trinajstić information content (AvgIpc) is 2.90. The topological polar surface area (TPSA) is 78.8 Å². The maximum atomic E-state index is 6.00. The highest BCUT2D eigenvalue weighted by molar-refractivity contribution is 5.63. The zero-order chi connectivity index (χ0) is 15.2. The maximum Gasteiger partial charge on any atom is 0.182 e. The van der Waals surface area contributed by atoms with E-state index < -0.39 is 0 Å². The first-order valence-corrected chi connectivity index (χ1v) is 7.12.